The SMILES string of the molecule is COc1ccc(CCNC(=O)CCCNc2ccc([N+](=O)[O-])cc2)cc1. The number of carbonyl (C=O) groups excluding carboxylic acids is 1. The van der Waals surface area contributed by atoms with Crippen molar-refractivity contribution in [3.8, 4) is 5.75 Å². The summed E-state index contributed by atoms with van der Waals surface area (Å²) in [5.74, 6) is 0.835. The Labute approximate surface area is 152 Å². The van der Waals surface area contributed by atoms with Crippen LogP contribution >= 0.6 is 0 Å². The molecule has 26 heavy (non-hydrogen) atoms. The Morgan fingerprint density at radius 3 is 2.38 bits per heavy atom. The molecule has 0 saturated carbocycles. The Hall–Kier alpha value is -3.09. The fraction of sp³-hybridized carbons (Fsp3) is 0.316. The van der Waals surface area contributed by atoms with Crippen molar-refractivity contribution in [2.75, 3.05) is 25.5 Å². The van der Waals surface area contributed by atoms with E-state index < -0.39 is 4.92 Å². The highest BCUT2D eigenvalue weighted by atomic mass is 16.6. The molecule has 138 valence electrons. The first-order valence-electron chi connectivity index (χ1n) is 8.46. The number of methoxy groups -OCH3 is 1. The maximum absolute atomic E-state index is 11.8. The van der Waals surface area contributed by atoms with E-state index in [1.807, 2.05) is 24.3 Å². The number of amides is 1. The minimum absolute atomic E-state index is 0.0176. The molecule has 2 rings (SSSR count). The number of hydrogen-bond acceptors (Lipinski definition) is 5. The second-order valence-electron chi connectivity index (χ2n) is 5.78. The molecule has 0 aliphatic heterocycles. The number of nitrogens with zero attached hydrogens (tertiary/aromatic N) is 1. The molecule has 0 bridgehead atoms. The molecule has 0 aliphatic rings. The van der Waals surface area contributed by atoms with Crippen LogP contribution in [0.3, 0.4) is 0 Å². The fourth-order valence-corrected chi connectivity index (χ4v) is 2.41. The molecular weight excluding hydrogens is 334 g/mol. The predicted molar refractivity (Wildman–Crippen MR) is 101 cm³/mol. The average Bonchev–Trinajstić information content (AvgIpc) is 2.66. The summed E-state index contributed by atoms with van der Waals surface area (Å²) < 4.78 is 5.11. The largest absolute Gasteiger partial charge is 0.497 e. The Kier molecular flexibility index (Phi) is 7.42. The van der Waals surface area contributed by atoms with Crippen LogP contribution in [0.15, 0.2) is 48.5 Å². The molecule has 0 atom stereocenters. The lowest BCUT2D eigenvalue weighted by Gasteiger charge is -2.08. The molecule has 0 heterocycles. The minimum Gasteiger partial charge on any atom is -0.497 e. The van der Waals surface area contributed by atoms with Gasteiger partial charge in [-0.05, 0) is 42.7 Å². The quantitative estimate of drug-likeness (QED) is 0.387. The van der Waals surface area contributed by atoms with E-state index in [9.17, 15) is 14.9 Å². The van der Waals surface area contributed by atoms with Gasteiger partial charge in [0.15, 0.2) is 0 Å². The molecular formula is C19H23N3O4. The standard InChI is InChI=1S/C19H23N3O4/c1-26-18-10-4-15(5-11-18)12-14-21-19(23)3-2-13-20-16-6-8-17(9-7-16)22(24)25/h4-11,20H,2-3,12-14H2,1H3,(H,21,23). The van der Waals surface area contributed by atoms with Crippen LogP contribution in [0.25, 0.3) is 0 Å². The zero-order valence-electron chi connectivity index (χ0n) is 14.7. The lowest BCUT2D eigenvalue weighted by Crippen LogP contribution is -2.25. The molecule has 1 amide bonds. The average molecular weight is 357 g/mol. The highest BCUT2D eigenvalue weighted by molar-refractivity contribution is 5.75. The van der Waals surface area contributed by atoms with Gasteiger partial charge in [-0.3, -0.25) is 14.9 Å². The third kappa shape index (κ3) is 6.43. The number of hydrogen-bond donors (Lipinski definition) is 2. The van der Waals surface area contributed by atoms with Crippen LogP contribution in [0.4, 0.5) is 11.4 Å². The first kappa shape index (κ1) is 19.2. The summed E-state index contributed by atoms with van der Waals surface area (Å²) in [5, 5.41) is 16.6. The molecule has 7 nitrogen and oxygen atoms in total. The van der Waals surface area contributed by atoms with Gasteiger partial charge in [-0.1, -0.05) is 12.1 Å². The van der Waals surface area contributed by atoms with E-state index in [0.717, 1.165) is 23.4 Å². The maximum Gasteiger partial charge on any atom is 0.269 e. The van der Waals surface area contributed by atoms with E-state index >= 15 is 0 Å². The van der Waals surface area contributed by atoms with Crippen LogP contribution in [0.5, 0.6) is 5.75 Å². The van der Waals surface area contributed by atoms with Gasteiger partial charge >= 0.3 is 0 Å². The zero-order chi connectivity index (χ0) is 18.8. The maximum atomic E-state index is 11.8. The molecule has 0 aliphatic carbocycles. The van der Waals surface area contributed by atoms with Gasteiger partial charge in [0.1, 0.15) is 5.75 Å². The number of nitrogens with one attached hydrogen (secondary N) is 2. The topological polar surface area (TPSA) is 93.5 Å². The summed E-state index contributed by atoms with van der Waals surface area (Å²) in [6.45, 7) is 1.23. The molecule has 0 spiro atoms. The van der Waals surface area contributed by atoms with Crippen LogP contribution < -0.4 is 15.4 Å². The first-order valence-corrected chi connectivity index (χ1v) is 8.46. The van der Waals surface area contributed by atoms with Crippen molar-refractivity contribution < 1.29 is 14.5 Å². The summed E-state index contributed by atoms with van der Waals surface area (Å²) in [5.41, 5.74) is 2.01. The monoisotopic (exact) mass is 357 g/mol. The van der Waals surface area contributed by atoms with Gasteiger partial charge < -0.3 is 15.4 Å². The van der Waals surface area contributed by atoms with Gasteiger partial charge in [0.05, 0.1) is 12.0 Å². The summed E-state index contributed by atoms with van der Waals surface area (Å²) >= 11 is 0. The summed E-state index contributed by atoms with van der Waals surface area (Å²) in [6.07, 6.45) is 1.89. The van der Waals surface area contributed by atoms with E-state index in [0.29, 0.717) is 25.9 Å². The van der Waals surface area contributed by atoms with Crippen molar-refractivity contribution >= 4 is 17.3 Å². The van der Waals surface area contributed by atoms with E-state index in [4.69, 9.17) is 4.74 Å². The minimum atomic E-state index is -0.430. The molecule has 0 saturated heterocycles. The van der Waals surface area contributed by atoms with E-state index in [2.05, 4.69) is 10.6 Å². The van der Waals surface area contributed by atoms with Crippen LogP contribution in [0.2, 0.25) is 0 Å². The number of carbonyl (C=O) groups is 1. The number of ether oxygens (including phenoxy) is 1. The Bertz CT molecular complexity index is 715. The second kappa shape index (κ2) is 10.0. The van der Waals surface area contributed by atoms with Crippen molar-refractivity contribution in [2.24, 2.45) is 0 Å². The van der Waals surface area contributed by atoms with Crippen molar-refractivity contribution in [3.63, 3.8) is 0 Å². The van der Waals surface area contributed by atoms with Crippen molar-refractivity contribution in [3.05, 3.63) is 64.2 Å². The van der Waals surface area contributed by atoms with E-state index in [1.54, 1.807) is 19.2 Å². The molecule has 0 aromatic heterocycles. The molecule has 0 radical (unpaired) electrons. The first-order chi connectivity index (χ1) is 12.6. The van der Waals surface area contributed by atoms with Gasteiger partial charge in [0, 0.05) is 37.3 Å². The summed E-state index contributed by atoms with van der Waals surface area (Å²) in [7, 11) is 1.63. The van der Waals surface area contributed by atoms with Gasteiger partial charge in [-0.25, -0.2) is 0 Å². The third-order valence-electron chi connectivity index (χ3n) is 3.88. The van der Waals surface area contributed by atoms with Crippen LogP contribution in [-0.2, 0) is 11.2 Å². The Morgan fingerprint density at radius 2 is 1.77 bits per heavy atom. The number of rotatable bonds is 10. The summed E-state index contributed by atoms with van der Waals surface area (Å²) in [4.78, 5) is 22.0. The highest BCUT2D eigenvalue weighted by Gasteiger charge is 2.04. The van der Waals surface area contributed by atoms with Crippen molar-refractivity contribution in [1.82, 2.24) is 5.32 Å². The van der Waals surface area contributed by atoms with Gasteiger partial charge in [0.25, 0.3) is 5.69 Å². The van der Waals surface area contributed by atoms with Crippen LogP contribution in [0, 0.1) is 10.1 Å². The number of nitro benzene ring substituents is 1. The van der Waals surface area contributed by atoms with E-state index in [-0.39, 0.29) is 11.6 Å². The summed E-state index contributed by atoms with van der Waals surface area (Å²) in [6, 6.07) is 14.0. The van der Waals surface area contributed by atoms with Crippen molar-refractivity contribution in [2.45, 2.75) is 19.3 Å². The number of non-ortho nitro benzene ring substituents is 1. The third-order valence-corrected chi connectivity index (χ3v) is 3.88. The molecule has 2 N–H and O–H groups in total. The zero-order valence-corrected chi connectivity index (χ0v) is 14.7. The molecule has 7 heteroatoms. The lowest BCUT2D eigenvalue weighted by molar-refractivity contribution is -0.384. The highest BCUT2D eigenvalue weighted by Crippen LogP contribution is 2.15. The van der Waals surface area contributed by atoms with Gasteiger partial charge in [-0.2, -0.15) is 0 Å². The van der Waals surface area contributed by atoms with Gasteiger partial charge in [0.2, 0.25) is 5.91 Å². The Balaban J connectivity index is 1.59. The fourth-order valence-electron chi connectivity index (χ4n) is 2.41. The lowest BCUT2D eigenvalue weighted by atomic mass is 10.1. The van der Waals surface area contributed by atoms with Crippen molar-refractivity contribution in [1.29, 1.82) is 0 Å². The predicted octanol–water partition coefficient (Wildman–Crippen LogP) is 3.15. The van der Waals surface area contributed by atoms with E-state index in [1.165, 1.54) is 12.1 Å². The smallest absolute Gasteiger partial charge is 0.269 e. The molecule has 0 unspecified atom stereocenters. The normalized spacial score (nSPS) is 10.2. The molecule has 0 fully saturated rings. The second-order valence-corrected chi connectivity index (χ2v) is 5.78. The number of nitro groups is 1. The molecule has 2 aromatic carbocycles. The van der Waals surface area contributed by atoms with Gasteiger partial charge in [-0.15, -0.1) is 0 Å². The van der Waals surface area contributed by atoms with Crippen LogP contribution in [-0.4, -0.2) is 31.0 Å². The Morgan fingerprint density at radius 1 is 1.08 bits per heavy atom. The van der Waals surface area contributed by atoms with Crippen LogP contribution in [0.1, 0.15) is 18.4 Å². The number of benzene rings is 2. The number of anilines is 1. The molecule has 2 aromatic rings.